The van der Waals surface area contributed by atoms with E-state index in [0.29, 0.717) is 6.42 Å². The fourth-order valence-corrected chi connectivity index (χ4v) is 4.60. The van der Waals surface area contributed by atoms with Gasteiger partial charge >= 0.3 is 11.9 Å². The van der Waals surface area contributed by atoms with Crippen molar-refractivity contribution in [1.82, 2.24) is 15.3 Å². The second-order valence-electron chi connectivity index (χ2n) is 5.79. The van der Waals surface area contributed by atoms with E-state index in [1.54, 1.807) is 6.92 Å². The molecule has 1 fully saturated rings. The number of anilines is 1. The zero-order valence-electron chi connectivity index (χ0n) is 15.0. The summed E-state index contributed by atoms with van der Waals surface area (Å²) in [5, 5.41) is 2.67. The molecule has 2 rings (SSSR count). The molecule has 0 spiro atoms. The largest absolute Gasteiger partial charge is 0.462 e. The number of amides is 1. The smallest absolute Gasteiger partial charge is 0.343 e. The van der Waals surface area contributed by atoms with Crippen LogP contribution in [0.1, 0.15) is 23.7 Å². The van der Waals surface area contributed by atoms with Crippen LogP contribution < -0.4 is 11.1 Å². The second-order valence-corrected chi connectivity index (χ2v) is 8.96. The van der Waals surface area contributed by atoms with Crippen molar-refractivity contribution >= 4 is 45.3 Å². The van der Waals surface area contributed by atoms with Gasteiger partial charge in [-0.1, -0.05) is 11.8 Å². The summed E-state index contributed by atoms with van der Waals surface area (Å²) in [7, 11) is -3.11. The third-order valence-corrected chi connectivity index (χ3v) is 6.18. The number of hydrogen-bond donors (Lipinski definition) is 2. The Morgan fingerprint density at radius 1 is 1.36 bits per heavy atom. The third-order valence-electron chi connectivity index (χ3n) is 3.57. The van der Waals surface area contributed by atoms with E-state index in [1.165, 1.54) is 6.20 Å². The highest BCUT2D eigenvalue weighted by molar-refractivity contribution is 7.99. The number of carbonyl (C=O) groups excluding carboxylic acids is 3. The molecule has 1 amide bonds. The van der Waals surface area contributed by atoms with Crippen LogP contribution in [0.5, 0.6) is 0 Å². The monoisotopic (exact) mass is 432 g/mol. The number of thioether (sulfide) groups is 1. The highest BCUT2D eigenvalue weighted by atomic mass is 32.2. The molecule has 1 saturated heterocycles. The molecule has 1 atom stereocenters. The summed E-state index contributed by atoms with van der Waals surface area (Å²) >= 11 is 0.921. The quantitative estimate of drug-likeness (QED) is 0.299. The van der Waals surface area contributed by atoms with Crippen LogP contribution in [0.15, 0.2) is 11.4 Å². The van der Waals surface area contributed by atoms with Crippen molar-refractivity contribution in [3.05, 3.63) is 11.8 Å². The first-order valence-corrected chi connectivity index (χ1v) is 11.1. The predicted octanol–water partition coefficient (Wildman–Crippen LogP) is -0.826. The highest BCUT2D eigenvalue weighted by Crippen LogP contribution is 2.17. The van der Waals surface area contributed by atoms with Gasteiger partial charge in [0.1, 0.15) is 11.4 Å². The number of ether oxygens (including phenoxy) is 2. The Kier molecular flexibility index (Phi) is 7.57. The summed E-state index contributed by atoms with van der Waals surface area (Å²) in [4.78, 5) is 42.9. The van der Waals surface area contributed by atoms with Crippen LogP contribution in [0.2, 0.25) is 0 Å². The SMILES string of the molecule is CCOC(=O)c1cnc(SCC(=O)OCC(=O)N[C@@H]2CCS(=O)(=O)C2)nc1N. The summed E-state index contributed by atoms with van der Waals surface area (Å²) in [6.07, 6.45) is 1.55. The average molecular weight is 432 g/mol. The molecule has 2 heterocycles. The van der Waals surface area contributed by atoms with Gasteiger partial charge in [-0.15, -0.1) is 0 Å². The Bertz CT molecular complexity index is 860. The van der Waals surface area contributed by atoms with Crippen LogP contribution in [0, 0.1) is 0 Å². The first kappa shape index (κ1) is 21.9. The van der Waals surface area contributed by atoms with Gasteiger partial charge in [0, 0.05) is 12.2 Å². The molecule has 0 aromatic carbocycles. The number of nitrogens with two attached hydrogens (primary N) is 1. The molecule has 0 bridgehead atoms. The summed E-state index contributed by atoms with van der Waals surface area (Å²) in [6, 6.07) is -0.458. The van der Waals surface area contributed by atoms with Gasteiger partial charge in [0.25, 0.3) is 5.91 Å². The molecule has 3 N–H and O–H groups in total. The molecule has 11 nitrogen and oxygen atoms in total. The van der Waals surface area contributed by atoms with Crippen molar-refractivity contribution in [2.24, 2.45) is 0 Å². The van der Waals surface area contributed by atoms with Crippen LogP contribution in [0.3, 0.4) is 0 Å². The Hall–Kier alpha value is -2.41. The minimum Gasteiger partial charge on any atom is -0.462 e. The van der Waals surface area contributed by atoms with Gasteiger partial charge in [-0.05, 0) is 13.3 Å². The number of sulfone groups is 1. The molecule has 28 heavy (non-hydrogen) atoms. The van der Waals surface area contributed by atoms with Crippen LogP contribution in [0.4, 0.5) is 5.82 Å². The van der Waals surface area contributed by atoms with Crippen LogP contribution >= 0.6 is 11.8 Å². The molecule has 1 aliphatic rings. The van der Waals surface area contributed by atoms with E-state index in [9.17, 15) is 22.8 Å². The number of nitrogen functional groups attached to an aromatic ring is 1. The van der Waals surface area contributed by atoms with Crippen LogP contribution in [-0.4, -0.2) is 72.7 Å². The van der Waals surface area contributed by atoms with Gasteiger partial charge in [0.15, 0.2) is 21.6 Å². The Labute approximate surface area is 165 Å². The zero-order chi connectivity index (χ0) is 20.7. The molecule has 1 aliphatic heterocycles. The number of nitrogens with one attached hydrogen (secondary N) is 1. The van der Waals surface area contributed by atoms with Gasteiger partial charge in [0.05, 0.1) is 23.9 Å². The zero-order valence-corrected chi connectivity index (χ0v) is 16.7. The van der Waals surface area contributed by atoms with E-state index in [1.807, 2.05) is 0 Å². The molecule has 0 aliphatic carbocycles. The van der Waals surface area contributed by atoms with Gasteiger partial charge in [-0.25, -0.2) is 23.2 Å². The van der Waals surface area contributed by atoms with Crippen molar-refractivity contribution < 1.29 is 32.3 Å². The number of carbonyl (C=O) groups is 3. The fourth-order valence-electron chi connectivity index (χ4n) is 2.30. The van der Waals surface area contributed by atoms with Crippen LogP contribution in [-0.2, 0) is 28.9 Å². The molecule has 1 aromatic heterocycles. The van der Waals surface area contributed by atoms with E-state index in [2.05, 4.69) is 15.3 Å². The lowest BCUT2D eigenvalue weighted by Gasteiger charge is -2.11. The Morgan fingerprint density at radius 2 is 2.11 bits per heavy atom. The molecule has 154 valence electrons. The Balaban J connectivity index is 1.74. The maximum absolute atomic E-state index is 11.7. The molecule has 0 radical (unpaired) electrons. The summed E-state index contributed by atoms with van der Waals surface area (Å²) in [5.74, 6) is -2.22. The topological polar surface area (TPSA) is 168 Å². The first-order chi connectivity index (χ1) is 13.2. The number of hydrogen-bond acceptors (Lipinski definition) is 11. The van der Waals surface area contributed by atoms with E-state index in [4.69, 9.17) is 15.2 Å². The van der Waals surface area contributed by atoms with Crippen molar-refractivity contribution in [3.8, 4) is 0 Å². The summed E-state index contributed by atoms with van der Waals surface area (Å²) in [6.45, 7) is 1.33. The average Bonchev–Trinajstić information content (AvgIpc) is 2.96. The van der Waals surface area contributed by atoms with E-state index >= 15 is 0 Å². The highest BCUT2D eigenvalue weighted by Gasteiger charge is 2.29. The molecule has 0 saturated carbocycles. The van der Waals surface area contributed by atoms with Gasteiger partial charge in [-0.2, -0.15) is 0 Å². The van der Waals surface area contributed by atoms with Crippen LogP contribution in [0.25, 0.3) is 0 Å². The number of nitrogens with zero attached hydrogens (tertiary/aromatic N) is 2. The van der Waals surface area contributed by atoms with Crippen molar-refractivity contribution in [3.63, 3.8) is 0 Å². The van der Waals surface area contributed by atoms with E-state index in [-0.39, 0.29) is 40.4 Å². The predicted molar refractivity (Wildman–Crippen MR) is 99.3 cm³/mol. The van der Waals surface area contributed by atoms with Gasteiger partial charge < -0.3 is 20.5 Å². The molecular weight excluding hydrogens is 412 g/mol. The van der Waals surface area contributed by atoms with E-state index in [0.717, 1.165) is 11.8 Å². The number of rotatable bonds is 8. The lowest BCUT2D eigenvalue weighted by Crippen LogP contribution is -2.38. The molecule has 1 aromatic rings. The van der Waals surface area contributed by atoms with Crippen molar-refractivity contribution in [2.45, 2.75) is 24.5 Å². The third kappa shape index (κ3) is 6.64. The maximum atomic E-state index is 11.7. The molecule has 0 unspecified atom stereocenters. The van der Waals surface area contributed by atoms with Crippen molar-refractivity contribution in [2.75, 3.05) is 36.2 Å². The molecular formula is C15H20N4O7S2. The Morgan fingerprint density at radius 3 is 2.71 bits per heavy atom. The maximum Gasteiger partial charge on any atom is 0.343 e. The van der Waals surface area contributed by atoms with Crippen molar-refractivity contribution in [1.29, 1.82) is 0 Å². The fraction of sp³-hybridized carbons (Fsp3) is 0.533. The lowest BCUT2D eigenvalue weighted by atomic mass is 10.2. The summed E-state index contributed by atoms with van der Waals surface area (Å²) < 4.78 is 32.3. The minimum atomic E-state index is -3.11. The molecule has 13 heteroatoms. The number of aromatic nitrogens is 2. The van der Waals surface area contributed by atoms with Gasteiger partial charge in [0.2, 0.25) is 0 Å². The minimum absolute atomic E-state index is 0.0272. The normalized spacial score (nSPS) is 17.7. The number of esters is 2. The standard InChI is InChI=1S/C15H20N4O7S2/c1-2-25-14(22)10-5-17-15(19-13(10)16)27-7-12(21)26-6-11(20)18-9-3-4-28(23,24)8-9/h5,9H,2-4,6-8H2,1H3,(H,18,20)(H2,16,17,19)/t9-/m1/s1. The lowest BCUT2D eigenvalue weighted by molar-refractivity contribution is -0.146. The van der Waals surface area contributed by atoms with Gasteiger partial charge in [-0.3, -0.25) is 9.59 Å². The first-order valence-electron chi connectivity index (χ1n) is 8.28. The second kappa shape index (κ2) is 9.68. The summed E-state index contributed by atoms with van der Waals surface area (Å²) in [5.41, 5.74) is 5.70. The van der Waals surface area contributed by atoms with E-state index < -0.39 is 40.3 Å².